The second-order valence-electron chi connectivity index (χ2n) is 5.54. The number of benzene rings is 2. The van der Waals surface area contributed by atoms with Crippen molar-refractivity contribution in [1.82, 2.24) is 4.90 Å². The molecule has 126 valence electrons. The smallest absolute Gasteiger partial charge is 0.261 e. The molecule has 0 fully saturated rings. The normalized spacial score (nSPS) is 15.4. The zero-order valence-corrected chi connectivity index (χ0v) is 13.1. The highest BCUT2D eigenvalue weighted by Crippen LogP contribution is 2.30. The number of hydrogen-bond donors (Lipinski definition) is 0. The minimum Gasteiger partial charge on any atom is -0.550 e. The maximum absolute atomic E-state index is 13.4. The molecule has 25 heavy (non-hydrogen) atoms. The van der Waals surface area contributed by atoms with Gasteiger partial charge in [0.05, 0.1) is 0 Å². The number of carboxylic acid groups (broad SMARTS) is 1. The Morgan fingerprint density at radius 3 is 2.44 bits per heavy atom. The van der Waals surface area contributed by atoms with E-state index in [0.29, 0.717) is 16.7 Å². The second-order valence-corrected chi connectivity index (χ2v) is 5.54. The fourth-order valence-corrected chi connectivity index (χ4v) is 2.71. The summed E-state index contributed by atoms with van der Waals surface area (Å²) in [6.07, 6.45) is 1.04. The Labute approximate surface area is 143 Å². The van der Waals surface area contributed by atoms with Crippen molar-refractivity contribution in [3.05, 3.63) is 71.0 Å². The van der Waals surface area contributed by atoms with Crippen LogP contribution < -0.4 is 5.11 Å². The first-order valence-electron chi connectivity index (χ1n) is 7.60. The number of amides is 2. The topological polar surface area (TPSA) is 77.5 Å². The van der Waals surface area contributed by atoms with E-state index in [1.54, 1.807) is 30.3 Å². The molecule has 1 aliphatic heterocycles. The first-order chi connectivity index (χ1) is 12.0. The van der Waals surface area contributed by atoms with E-state index < -0.39 is 30.0 Å². The van der Waals surface area contributed by atoms with E-state index in [1.807, 2.05) is 0 Å². The van der Waals surface area contributed by atoms with Gasteiger partial charge in [0, 0.05) is 30.1 Å². The van der Waals surface area contributed by atoms with E-state index in [9.17, 15) is 23.9 Å². The summed E-state index contributed by atoms with van der Waals surface area (Å²) in [4.78, 5) is 36.8. The van der Waals surface area contributed by atoms with Gasteiger partial charge >= 0.3 is 0 Å². The van der Waals surface area contributed by atoms with Gasteiger partial charge < -0.3 is 9.90 Å². The lowest BCUT2D eigenvalue weighted by atomic mass is 9.92. The van der Waals surface area contributed by atoms with Crippen LogP contribution in [0.4, 0.5) is 4.39 Å². The Bertz CT molecular complexity index is 904. The van der Waals surface area contributed by atoms with Crippen LogP contribution in [0.25, 0.3) is 11.6 Å². The summed E-state index contributed by atoms with van der Waals surface area (Å²) in [5.41, 5.74) is 1.40. The molecule has 2 aromatic rings. The summed E-state index contributed by atoms with van der Waals surface area (Å²) in [6, 6.07) is 12.2. The zero-order chi connectivity index (χ0) is 18.0. The molecule has 1 heterocycles. The highest BCUT2D eigenvalue weighted by molar-refractivity contribution is 6.33. The van der Waals surface area contributed by atoms with Crippen LogP contribution in [0, 0.1) is 5.82 Å². The Morgan fingerprint density at radius 2 is 1.76 bits per heavy atom. The lowest BCUT2D eigenvalue weighted by molar-refractivity contribution is -0.305. The summed E-state index contributed by atoms with van der Waals surface area (Å²) in [6.45, 7) is -0.283. The summed E-state index contributed by atoms with van der Waals surface area (Å²) >= 11 is 0. The van der Waals surface area contributed by atoms with E-state index in [-0.39, 0.29) is 12.1 Å². The molecule has 3 rings (SSSR count). The fraction of sp³-hybridized carbons (Fsp3) is 0.105. The number of aliphatic carboxylic acids is 1. The molecule has 0 aromatic heterocycles. The number of rotatable bonds is 4. The van der Waals surface area contributed by atoms with Gasteiger partial charge in [0.25, 0.3) is 11.8 Å². The summed E-state index contributed by atoms with van der Waals surface area (Å²) in [5.74, 6) is -2.97. The molecule has 0 bridgehead atoms. The number of imide groups is 1. The number of carbonyl (C=O) groups excluding carboxylic acids is 3. The Hall–Kier alpha value is -3.28. The van der Waals surface area contributed by atoms with Gasteiger partial charge in [0.2, 0.25) is 0 Å². The molecule has 0 radical (unpaired) electrons. The molecule has 5 nitrogen and oxygen atoms in total. The van der Waals surface area contributed by atoms with Gasteiger partial charge in [-0.3, -0.25) is 14.5 Å². The van der Waals surface area contributed by atoms with E-state index >= 15 is 0 Å². The van der Waals surface area contributed by atoms with Crippen molar-refractivity contribution < 1.29 is 23.9 Å². The number of carboxylic acids is 1. The quantitative estimate of drug-likeness (QED) is 0.625. The number of fused-ring (bicyclic) bond motifs is 1. The van der Waals surface area contributed by atoms with Gasteiger partial charge in [-0.25, -0.2) is 4.39 Å². The van der Waals surface area contributed by atoms with Gasteiger partial charge in [-0.2, -0.15) is 0 Å². The molecule has 0 unspecified atom stereocenters. The molecule has 0 spiro atoms. The van der Waals surface area contributed by atoms with Crippen molar-refractivity contribution in [2.24, 2.45) is 0 Å². The monoisotopic (exact) mass is 338 g/mol. The third-order valence-corrected chi connectivity index (χ3v) is 3.87. The van der Waals surface area contributed by atoms with Crippen molar-refractivity contribution in [3.63, 3.8) is 0 Å². The second kappa shape index (κ2) is 6.68. The Morgan fingerprint density at radius 1 is 1.04 bits per heavy atom. The molecule has 0 N–H and O–H groups in total. The number of carbonyl (C=O) groups is 3. The molecule has 0 atom stereocenters. The summed E-state index contributed by atoms with van der Waals surface area (Å²) in [7, 11) is 0. The van der Waals surface area contributed by atoms with Crippen molar-refractivity contribution in [1.29, 1.82) is 0 Å². The van der Waals surface area contributed by atoms with Crippen LogP contribution >= 0.6 is 0 Å². The molecule has 0 saturated carbocycles. The average Bonchev–Trinajstić information content (AvgIpc) is 2.58. The highest BCUT2D eigenvalue weighted by atomic mass is 19.1. The molecule has 0 aliphatic carbocycles. The van der Waals surface area contributed by atoms with Crippen LogP contribution in [0.2, 0.25) is 0 Å². The van der Waals surface area contributed by atoms with Crippen LogP contribution in [0.15, 0.2) is 48.5 Å². The maximum atomic E-state index is 13.4. The Balaban J connectivity index is 2.09. The molecule has 0 saturated heterocycles. The van der Waals surface area contributed by atoms with Crippen LogP contribution in [-0.2, 0) is 9.59 Å². The SMILES string of the molecule is O=C([O-])CCN1C(=O)/C(=C\c2cccc(F)c2)c2ccccc2C1=O. The molecular formula is C19H13FNO4-. The first kappa shape index (κ1) is 16.6. The lowest BCUT2D eigenvalue weighted by Crippen LogP contribution is -2.43. The minimum absolute atomic E-state index is 0.208. The van der Waals surface area contributed by atoms with Gasteiger partial charge in [-0.1, -0.05) is 30.3 Å². The van der Waals surface area contributed by atoms with E-state index in [2.05, 4.69) is 0 Å². The average molecular weight is 338 g/mol. The number of halogens is 1. The fourth-order valence-electron chi connectivity index (χ4n) is 2.71. The first-order valence-corrected chi connectivity index (χ1v) is 7.60. The largest absolute Gasteiger partial charge is 0.550 e. The van der Waals surface area contributed by atoms with E-state index in [0.717, 1.165) is 4.90 Å². The standard InChI is InChI=1S/C19H14FNO4/c20-13-5-3-4-12(10-13)11-16-14-6-1-2-7-15(14)18(24)21(19(16)25)9-8-17(22)23/h1-7,10-11H,8-9H2,(H,22,23)/p-1/b16-11-. The van der Waals surface area contributed by atoms with Crippen molar-refractivity contribution in [2.45, 2.75) is 6.42 Å². The van der Waals surface area contributed by atoms with E-state index in [1.165, 1.54) is 24.3 Å². The van der Waals surface area contributed by atoms with Gasteiger partial charge in [0.1, 0.15) is 5.82 Å². The molecular weight excluding hydrogens is 325 g/mol. The van der Waals surface area contributed by atoms with Crippen molar-refractivity contribution >= 4 is 29.4 Å². The van der Waals surface area contributed by atoms with Crippen LogP contribution in [0.1, 0.15) is 27.9 Å². The lowest BCUT2D eigenvalue weighted by Gasteiger charge is -2.28. The molecule has 1 aliphatic rings. The predicted octanol–water partition coefficient (Wildman–Crippen LogP) is 1.49. The number of hydrogen-bond acceptors (Lipinski definition) is 4. The summed E-state index contributed by atoms with van der Waals surface area (Å²) < 4.78 is 13.4. The highest BCUT2D eigenvalue weighted by Gasteiger charge is 2.34. The Kier molecular flexibility index (Phi) is 4.43. The zero-order valence-electron chi connectivity index (χ0n) is 13.1. The summed E-state index contributed by atoms with van der Waals surface area (Å²) in [5, 5.41) is 10.7. The predicted molar refractivity (Wildman–Crippen MR) is 86.4 cm³/mol. The molecule has 2 amide bonds. The molecule has 2 aromatic carbocycles. The minimum atomic E-state index is -1.35. The van der Waals surface area contributed by atoms with Gasteiger partial charge in [-0.15, -0.1) is 0 Å². The van der Waals surface area contributed by atoms with Crippen LogP contribution in [-0.4, -0.2) is 29.2 Å². The van der Waals surface area contributed by atoms with E-state index in [4.69, 9.17) is 0 Å². The third kappa shape index (κ3) is 3.33. The van der Waals surface area contributed by atoms with Crippen molar-refractivity contribution in [2.75, 3.05) is 6.54 Å². The van der Waals surface area contributed by atoms with Gasteiger partial charge in [-0.05, 0) is 35.4 Å². The van der Waals surface area contributed by atoms with Crippen molar-refractivity contribution in [3.8, 4) is 0 Å². The molecule has 6 heteroatoms. The third-order valence-electron chi connectivity index (χ3n) is 3.87. The maximum Gasteiger partial charge on any atom is 0.261 e. The van der Waals surface area contributed by atoms with Crippen LogP contribution in [0.5, 0.6) is 0 Å². The number of nitrogens with zero attached hydrogens (tertiary/aromatic N) is 1. The van der Waals surface area contributed by atoms with Crippen LogP contribution in [0.3, 0.4) is 0 Å². The van der Waals surface area contributed by atoms with Gasteiger partial charge in [0.15, 0.2) is 0 Å².